The van der Waals surface area contributed by atoms with E-state index in [0.29, 0.717) is 12.3 Å². The molecule has 2 rings (SSSR count). The number of carbonyl (C=O) groups is 1. The van der Waals surface area contributed by atoms with Crippen molar-refractivity contribution in [1.29, 1.82) is 0 Å². The van der Waals surface area contributed by atoms with E-state index in [-0.39, 0.29) is 6.04 Å². The minimum Gasteiger partial charge on any atom is -0.480 e. The maximum absolute atomic E-state index is 11.2. The van der Waals surface area contributed by atoms with Gasteiger partial charge in [-0.3, -0.25) is 9.69 Å². The zero-order valence-corrected chi connectivity index (χ0v) is 12.2. The summed E-state index contributed by atoms with van der Waals surface area (Å²) in [5.74, 6) is 0.681. The quantitative estimate of drug-likeness (QED) is 0.832. The molecule has 5 nitrogen and oxygen atoms in total. The average molecular weight is 277 g/mol. The van der Waals surface area contributed by atoms with Crippen LogP contribution in [0.15, 0.2) is 18.2 Å². The topological polar surface area (TPSA) is 65.5 Å². The molecule has 0 saturated carbocycles. The second-order valence-corrected chi connectivity index (χ2v) is 5.46. The van der Waals surface area contributed by atoms with Gasteiger partial charge in [-0.05, 0) is 44.4 Å². The fourth-order valence-corrected chi connectivity index (χ4v) is 2.79. The van der Waals surface area contributed by atoms with Crippen molar-refractivity contribution in [1.82, 2.24) is 9.88 Å². The molecule has 0 aliphatic carbocycles. The van der Waals surface area contributed by atoms with Crippen molar-refractivity contribution < 1.29 is 9.90 Å². The van der Waals surface area contributed by atoms with Gasteiger partial charge in [0.05, 0.1) is 0 Å². The zero-order chi connectivity index (χ0) is 14.5. The van der Waals surface area contributed by atoms with E-state index < -0.39 is 5.97 Å². The first-order chi connectivity index (χ1) is 9.60. The van der Waals surface area contributed by atoms with Crippen molar-refractivity contribution in [2.24, 2.45) is 5.92 Å². The standard InChI is InChI=1S/C15H23N3O2/c1-3-13(15(19)20)18-8-7-12(10-18)9-16-14-6-4-5-11(2)17-14/h4-6,12-13H,3,7-10H2,1-2H3,(H,16,17)(H,19,20). The molecule has 110 valence electrons. The van der Waals surface area contributed by atoms with E-state index >= 15 is 0 Å². The van der Waals surface area contributed by atoms with Crippen molar-refractivity contribution in [3.8, 4) is 0 Å². The number of aliphatic carboxylic acids is 1. The number of carboxylic acids is 1. The van der Waals surface area contributed by atoms with Gasteiger partial charge in [0.1, 0.15) is 11.9 Å². The molecule has 2 heterocycles. The third-order valence-corrected chi connectivity index (χ3v) is 3.89. The highest BCUT2D eigenvalue weighted by Gasteiger charge is 2.30. The van der Waals surface area contributed by atoms with Gasteiger partial charge in [0.25, 0.3) is 0 Å². The van der Waals surface area contributed by atoms with E-state index in [4.69, 9.17) is 0 Å². The van der Waals surface area contributed by atoms with Crippen LogP contribution in [0.5, 0.6) is 0 Å². The molecular formula is C15H23N3O2. The van der Waals surface area contributed by atoms with E-state index in [9.17, 15) is 9.90 Å². The third-order valence-electron chi connectivity index (χ3n) is 3.89. The summed E-state index contributed by atoms with van der Waals surface area (Å²) in [6.45, 7) is 6.48. The number of rotatable bonds is 6. The molecule has 20 heavy (non-hydrogen) atoms. The molecule has 1 fully saturated rings. The van der Waals surface area contributed by atoms with Crippen molar-refractivity contribution >= 4 is 11.8 Å². The van der Waals surface area contributed by atoms with Crippen LogP contribution in [0.4, 0.5) is 5.82 Å². The molecule has 2 N–H and O–H groups in total. The summed E-state index contributed by atoms with van der Waals surface area (Å²) in [4.78, 5) is 17.7. The molecule has 2 atom stereocenters. The van der Waals surface area contributed by atoms with Crippen LogP contribution in [0.3, 0.4) is 0 Å². The van der Waals surface area contributed by atoms with Gasteiger partial charge < -0.3 is 10.4 Å². The lowest BCUT2D eigenvalue weighted by Gasteiger charge is -2.23. The molecule has 1 saturated heterocycles. The first-order valence-electron chi connectivity index (χ1n) is 7.24. The Morgan fingerprint density at radius 3 is 3.05 bits per heavy atom. The number of hydrogen-bond donors (Lipinski definition) is 2. The van der Waals surface area contributed by atoms with Crippen LogP contribution in [0.1, 0.15) is 25.5 Å². The van der Waals surface area contributed by atoms with Gasteiger partial charge in [-0.25, -0.2) is 4.98 Å². The number of aryl methyl sites for hydroxylation is 1. The van der Waals surface area contributed by atoms with Crippen LogP contribution in [0.25, 0.3) is 0 Å². The lowest BCUT2D eigenvalue weighted by atomic mass is 10.1. The smallest absolute Gasteiger partial charge is 0.320 e. The maximum Gasteiger partial charge on any atom is 0.320 e. The van der Waals surface area contributed by atoms with Crippen LogP contribution < -0.4 is 5.32 Å². The van der Waals surface area contributed by atoms with Gasteiger partial charge in [0.2, 0.25) is 0 Å². The minimum atomic E-state index is -0.707. The largest absolute Gasteiger partial charge is 0.480 e. The molecule has 0 aromatic carbocycles. The van der Waals surface area contributed by atoms with Crippen LogP contribution in [-0.2, 0) is 4.79 Å². The van der Waals surface area contributed by atoms with Gasteiger partial charge in [-0.1, -0.05) is 13.0 Å². The van der Waals surface area contributed by atoms with Crippen molar-refractivity contribution in [2.45, 2.75) is 32.7 Å². The molecule has 0 spiro atoms. The van der Waals surface area contributed by atoms with E-state index in [2.05, 4.69) is 15.2 Å². The summed E-state index contributed by atoms with van der Waals surface area (Å²) >= 11 is 0. The van der Waals surface area contributed by atoms with Crippen LogP contribution >= 0.6 is 0 Å². The average Bonchev–Trinajstić information content (AvgIpc) is 2.85. The van der Waals surface area contributed by atoms with Gasteiger partial charge in [0, 0.05) is 18.8 Å². The lowest BCUT2D eigenvalue weighted by molar-refractivity contribution is -0.143. The Morgan fingerprint density at radius 2 is 2.40 bits per heavy atom. The fourth-order valence-electron chi connectivity index (χ4n) is 2.79. The van der Waals surface area contributed by atoms with E-state index in [1.54, 1.807) is 0 Å². The molecule has 1 aromatic heterocycles. The predicted molar refractivity (Wildman–Crippen MR) is 78.9 cm³/mol. The molecule has 5 heteroatoms. The Bertz CT molecular complexity index is 464. The second-order valence-electron chi connectivity index (χ2n) is 5.46. The number of nitrogens with one attached hydrogen (secondary N) is 1. The number of carboxylic acid groups (broad SMARTS) is 1. The monoisotopic (exact) mass is 277 g/mol. The maximum atomic E-state index is 11.2. The van der Waals surface area contributed by atoms with Gasteiger partial charge in [-0.2, -0.15) is 0 Å². The van der Waals surface area contributed by atoms with E-state index in [0.717, 1.165) is 37.6 Å². The van der Waals surface area contributed by atoms with Gasteiger partial charge in [0.15, 0.2) is 0 Å². The first kappa shape index (κ1) is 14.8. The van der Waals surface area contributed by atoms with Crippen LogP contribution in [-0.4, -0.2) is 46.6 Å². The summed E-state index contributed by atoms with van der Waals surface area (Å²) in [6, 6.07) is 5.59. The number of pyridine rings is 1. The number of anilines is 1. The number of hydrogen-bond acceptors (Lipinski definition) is 4. The van der Waals surface area contributed by atoms with Crippen molar-refractivity contribution in [3.63, 3.8) is 0 Å². The normalized spacial score (nSPS) is 20.8. The van der Waals surface area contributed by atoms with E-state index in [1.807, 2.05) is 32.0 Å². The molecule has 0 radical (unpaired) electrons. The molecule has 2 unspecified atom stereocenters. The van der Waals surface area contributed by atoms with Crippen molar-refractivity contribution in [3.05, 3.63) is 23.9 Å². The predicted octanol–water partition coefficient (Wildman–Crippen LogP) is 1.99. The highest BCUT2D eigenvalue weighted by atomic mass is 16.4. The Labute approximate surface area is 120 Å². The summed E-state index contributed by atoms with van der Waals surface area (Å²) in [6.07, 6.45) is 1.71. The zero-order valence-electron chi connectivity index (χ0n) is 12.2. The van der Waals surface area contributed by atoms with Gasteiger partial charge >= 0.3 is 5.97 Å². The summed E-state index contributed by atoms with van der Waals surface area (Å²) < 4.78 is 0. The summed E-state index contributed by atoms with van der Waals surface area (Å²) in [5, 5.41) is 12.5. The molecule has 1 aliphatic rings. The third kappa shape index (κ3) is 3.70. The molecule has 1 aromatic rings. The highest BCUT2D eigenvalue weighted by molar-refractivity contribution is 5.73. The lowest BCUT2D eigenvalue weighted by Crippen LogP contribution is -2.39. The number of aromatic nitrogens is 1. The van der Waals surface area contributed by atoms with Crippen LogP contribution in [0, 0.1) is 12.8 Å². The Balaban J connectivity index is 1.83. The number of nitrogens with zero attached hydrogens (tertiary/aromatic N) is 2. The highest BCUT2D eigenvalue weighted by Crippen LogP contribution is 2.20. The Kier molecular flexibility index (Phi) is 4.95. The van der Waals surface area contributed by atoms with Gasteiger partial charge in [-0.15, -0.1) is 0 Å². The van der Waals surface area contributed by atoms with Crippen LogP contribution in [0.2, 0.25) is 0 Å². The molecule has 0 amide bonds. The SMILES string of the molecule is CCC(C(=O)O)N1CCC(CNc2cccc(C)n2)C1. The first-order valence-corrected chi connectivity index (χ1v) is 7.24. The fraction of sp³-hybridized carbons (Fsp3) is 0.600. The Morgan fingerprint density at radius 1 is 1.60 bits per heavy atom. The van der Waals surface area contributed by atoms with E-state index in [1.165, 1.54) is 0 Å². The summed E-state index contributed by atoms with van der Waals surface area (Å²) in [5.41, 5.74) is 1.000. The minimum absolute atomic E-state index is 0.336. The molecular weight excluding hydrogens is 254 g/mol. The molecule has 1 aliphatic heterocycles. The second kappa shape index (κ2) is 6.70. The molecule has 0 bridgehead atoms. The number of likely N-dealkylation sites (tertiary alicyclic amines) is 1. The Hall–Kier alpha value is -1.62. The summed E-state index contributed by atoms with van der Waals surface area (Å²) in [7, 11) is 0. The van der Waals surface area contributed by atoms with Crippen molar-refractivity contribution in [2.75, 3.05) is 25.0 Å².